The van der Waals surface area contributed by atoms with Crippen molar-refractivity contribution in [2.24, 2.45) is 11.8 Å². The third-order valence-electron chi connectivity index (χ3n) is 3.29. The molecule has 2 nitrogen and oxygen atoms in total. The predicted octanol–water partition coefficient (Wildman–Crippen LogP) is 2.80. The van der Waals surface area contributed by atoms with Gasteiger partial charge >= 0.3 is 0 Å². The van der Waals surface area contributed by atoms with Gasteiger partial charge in [0, 0.05) is 11.8 Å². The SMILES string of the molecule is CC(C)CSCC(C#N)(NC1CC1)C1CC1. The lowest BCUT2D eigenvalue weighted by molar-refractivity contribution is 0.401. The second kappa shape index (κ2) is 4.98. The Labute approximate surface area is 103 Å². The number of rotatable bonds is 7. The van der Waals surface area contributed by atoms with Crippen LogP contribution in [0.5, 0.6) is 0 Å². The first-order chi connectivity index (χ1) is 7.66. The van der Waals surface area contributed by atoms with Gasteiger partial charge in [0.2, 0.25) is 0 Å². The summed E-state index contributed by atoms with van der Waals surface area (Å²) in [5.41, 5.74) is -0.208. The lowest BCUT2D eigenvalue weighted by atomic mass is 9.97. The lowest BCUT2D eigenvalue weighted by Crippen LogP contribution is -2.49. The first-order valence-corrected chi connectivity index (χ1v) is 7.58. The van der Waals surface area contributed by atoms with Crippen molar-refractivity contribution in [1.29, 1.82) is 5.26 Å². The normalized spacial score (nSPS) is 24.1. The van der Waals surface area contributed by atoms with E-state index in [1.165, 1.54) is 31.4 Å². The van der Waals surface area contributed by atoms with E-state index in [4.69, 9.17) is 0 Å². The molecule has 90 valence electrons. The summed E-state index contributed by atoms with van der Waals surface area (Å²) < 4.78 is 0. The van der Waals surface area contributed by atoms with Crippen LogP contribution in [0.3, 0.4) is 0 Å². The first kappa shape index (κ1) is 12.3. The molecule has 2 rings (SSSR count). The standard InChI is InChI=1S/C13H22N2S/c1-10(2)7-16-9-13(8-14,11-3-4-11)15-12-5-6-12/h10-12,15H,3-7,9H2,1-2H3. The Bertz CT molecular complexity index is 276. The number of thioether (sulfide) groups is 1. The lowest BCUT2D eigenvalue weighted by Gasteiger charge is -2.28. The Hall–Kier alpha value is -0.200. The van der Waals surface area contributed by atoms with Gasteiger partial charge in [-0.05, 0) is 43.3 Å². The Kier molecular flexibility index (Phi) is 3.81. The average molecular weight is 238 g/mol. The molecule has 16 heavy (non-hydrogen) atoms. The van der Waals surface area contributed by atoms with Gasteiger partial charge in [-0.15, -0.1) is 0 Å². The second-order valence-electron chi connectivity index (χ2n) is 5.69. The molecule has 1 N–H and O–H groups in total. The molecule has 2 aliphatic carbocycles. The molecule has 0 aromatic rings. The molecule has 0 saturated heterocycles. The summed E-state index contributed by atoms with van der Waals surface area (Å²) >= 11 is 1.95. The quantitative estimate of drug-likeness (QED) is 0.741. The van der Waals surface area contributed by atoms with Crippen LogP contribution in [0.1, 0.15) is 39.5 Å². The summed E-state index contributed by atoms with van der Waals surface area (Å²) in [4.78, 5) is 0. The molecule has 2 aliphatic rings. The molecule has 0 amide bonds. The van der Waals surface area contributed by atoms with E-state index in [9.17, 15) is 5.26 Å². The fraction of sp³-hybridized carbons (Fsp3) is 0.923. The number of nitrogens with one attached hydrogen (secondary N) is 1. The molecule has 0 spiro atoms. The largest absolute Gasteiger partial charge is 0.296 e. The average Bonchev–Trinajstić information content (AvgIpc) is 3.08. The van der Waals surface area contributed by atoms with Crippen LogP contribution in [0, 0.1) is 23.2 Å². The highest BCUT2D eigenvalue weighted by atomic mass is 32.2. The van der Waals surface area contributed by atoms with Gasteiger partial charge < -0.3 is 0 Å². The molecule has 2 saturated carbocycles. The number of hydrogen-bond donors (Lipinski definition) is 1. The maximum Gasteiger partial charge on any atom is 0.118 e. The van der Waals surface area contributed by atoms with Crippen LogP contribution in [-0.2, 0) is 0 Å². The molecule has 1 unspecified atom stereocenters. The van der Waals surface area contributed by atoms with Crippen molar-refractivity contribution in [1.82, 2.24) is 5.32 Å². The van der Waals surface area contributed by atoms with Crippen LogP contribution >= 0.6 is 11.8 Å². The molecular formula is C13H22N2S. The van der Waals surface area contributed by atoms with E-state index in [2.05, 4.69) is 25.2 Å². The van der Waals surface area contributed by atoms with Crippen LogP contribution < -0.4 is 5.32 Å². The van der Waals surface area contributed by atoms with E-state index in [0.717, 1.165) is 11.7 Å². The Morgan fingerprint density at radius 2 is 2.06 bits per heavy atom. The Morgan fingerprint density at radius 1 is 1.38 bits per heavy atom. The molecule has 0 radical (unpaired) electrons. The Balaban J connectivity index is 1.87. The third kappa shape index (κ3) is 3.15. The van der Waals surface area contributed by atoms with Crippen molar-refractivity contribution in [2.75, 3.05) is 11.5 Å². The first-order valence-electron chi connectivity index (χ1n) is 6.43. The van der Waals surface area contributed by atoms with Crippen molar-refractivity contribution in [3.63, 3.8) is 0 Å². The molecule has 1 atom stereocenters. The highest BCUT2D eigenvalue weighted by Gasteiger charge is 2.47. The number of nitrogens with zero attached hydrogens (tertiary/aromatic N) is 1. The fourth-order valence-corrected chi connectivity index (χ4v) is 3.35. The summed E-state index contributed by atoms with van der Waals surface area (Å²) in [5, 5.41) is 13.1. The van der Waals surface area contributed by atoms with E-state index >= 15 is 0 Å². The van der Waals surface area contributed by atoms with E-state index < -0.39 is 0 Å². The van der Waals surface area contributed by atoms with Crippen molar-refractivity contribution >= 4 is 11.8 Å². The highest BCUT2D eigenvalue weighted by Crippen LogP contribution is 2.43. The molecule has 0 heterocycles. The smallest absolute Gasteiger partial charge is 0.118 e. The van der Waals surface area contributed by atoms with Crippen LogP contribution in [0.15, 0.2) is 0 Å². The van der Waals surface area contributed by atoms with Crippen LogP contribution in [0.2, 0.25) is 0 Å². The summed E-state index contributed by atoms with van der Waals surface area (Å²) in [6.45, 7) is 4.49. The van der Waals surface area contributed by atoms with Gasteiger partial charge in [0.15, 0.2) is 0 Å². The van der Waals surface area contributed by atoms with Gasteiger partial charge in [-0.1, -0.05) is 13.8 Å². The van der Waals surface area contributed by atoms with Gasteiger partial charge in [-0.2, -0.15) is 17.0 Å². The van der Waals surface area contributed by atoms with Gasteiger partial charge in [0.1, 0.15) is 5.54 Å². The van der Waals surface area contributed by atoms with Gasteiger partial charge in [-0.25, -0.2) is 0 Å². The molecule has 0 aliphatic heterocycles. The van der Waals surface area contributed by atoms with Crippen LogP contribution in [-0.4, -0.2) is 23.1 Å². The zero-order chi connectivity index (χ0) is 11.6. The molecule has 0 aromatic heterocycles. The van der Waals surface area contributed by atoms with E-state index in [1.54, 1.807) is 0 Å². The number of nitriles is 1. The molecule has 0 aromatic carbocycles. The molecule has 2 fully saturated rings. The zero-order valence-corrected chi connectivity index (χ0v) is 11.1. The van der Waals surface area contributed by atoms with Crippen molar-refractivity contribution in [2.45, 2.75) is 51.1 Å². The zero-order valence-electron chi connectivity index (χ0n) is 10.3. The van der Waals surface area contributed by atoms with Gasteiger partial charge in [0.25, 0.3) is 0 Å². The Morgan fingerprint density at radius 3 is 2.50 bits per heavy atom. The maximum atomic E-state index is 9.50. The highest BCUT2D eigenvalue weighted by molar-refractivity contribution is 7.99. The topological polar surface area (TPSA) is 35.8 Å². The minimum absolute atomic E-state index is 0.208. The third-order valence-corrected chi connectivity index (χ3v) is 4.86. The summed E-state index contributed by atoms with van der Waals surface area (Å²) in [6, 6.07) is 3.23. The van der Waals surface area contributed by atoms with E-state index in [0.29, 0.717) is 12.0 Å². The van der Waals surface area contributed by atoms with Crippen molar-refractivity contribution < 1.29 is 0 Å². The van der Waals surface area contributed by atoms with E-state index in [-0.39, 0.29) is 5.54 Å². The second-order valence-corrected chi connectivity index (χ2v) is 6.72. The van der Waals surface area contributed by atoms with Crippen molar-refractivity contribution in [3.8, 4) is 6.07 Å². The molecule has 0 bridgehead atoms. The molecular weight excluding hydrogens is 216 g/mol. The minimum atomic E-state index is -0.208. The fourth-order valence-electron chi connectivity index (χ4n) is 2.06. The van der Waals surface area contributed by atoms with Gasteiger partial charge in [-0.3, -0.25) is 5.32 Å². The number of hydrogen-bond acceptors (Lipinski definition) is 3. The van der Waals surface area contributed by atoms with Crippen LogP contribution in [0.4, 0.5) is 0 Å². The van der Waals surface area contributed by atoms with Crippen LogP contribution in [0.25, 0.3) is 0 Å². The minimum Gasteiger partial charge on any atom is -0.296 e. The summed E-state index contributed by atoms with van der Waals surface area (Å²) in [6.07, 6.45) is 5.03. The summed E-state index contributed by atoms with van der Waals surface area (Å²) in [7, 11) is 0. The maximum absolute atomic E-state index is 9.50. The molecule has 3 heteroatoms. The van der Waals surface area contributed by atoms with Gasteiger partial charge in [0.05, 0.1) is 6.07 Å². The monoisotopic (exact) mass is 238 g/mol. The predicted molar refractivity (Wildman–Crippen MR) is 69.4 cm³/mol. The summed E-state index contributed by atoms with van der Waals surface area (Å²) in [5.74, 6) is 3.49. The van der Waals surface area contributed by atoms with E-state index in [1.807, 2.05) is 11.8 Å². The van der Waals surface area contributed by atoms with Crippen molar-refractivity contribution in [3.05, 3.63) is 0 Å².